The van der Waals surface area contributed by atoms with E-state index in [0.29, 0.717) is 60.5 Å². The minimum atomic E-state index is -3.12. The number of fused-ring (bicyclic) bond motifs is 1. The zero-order valence-electron chi connectivity index (χ0n) is 21.0. The first kappa shape index (κ1) is 27.6. The molecule has 1 aromatic heterocycles. The van der Waals surface area contributed by atoms with Crippen molar-refractivity contribution in [2.24, 2.45) is 0 Å². The third kappa shape index (κ3) is 6.11. The molecule has 5 rings (SSSR count). The van der Waals surface area contributed by atoms with Crippen LogP contribution < -0.4 is 14.4 Å². The summed E-state index contributed by atoms with van der Waals surface area (Å²) < 4.78 is 64.0. The van der Waals surface area contributed by atoms with Crippen LogP contribution in [0.4, 0.5) is 21.5 Å². The monoisotopic (exact) mass is 623 g/mol. The predicted molar refractivity (Wildman–Crippen MR) is 147 cm³/mol. The molecule has 0 aliphatic carbocycles. The highest BCUT2D eigenvalue weighted by Crippen LogP contribution is 2.40. The second kappa shape index (κ2) is 12.0. The fraction of sp³-hybridized carbons (Fsp3) is 0.385. The maximum atomic E-state index is 15.5. The summed E-state index contributed by atoms with van der Waals surface area (Å²) in [7, 11) is -1.85. The zero-order chi connectivity index (χ0) is 27.5. The minimum Gasteiger partial charge on any atom is -0.490 e. The van der Waals surface area contributed by atoms with Gasteiger partial charge in [-0.05, 0) is 30.7 Å². The average molecular weight is 624 g/mol. The Morgan fingerprint density at radius 1 is 1.13 bits per heavy atom. The van der Waals surface area contributed by atoms with Gasteiger partial charge in [-0.3, -0.25) is 9.29 Å². The van der Waals surface area contributed by atoms with Gasteiger partial charge < -0.3 is 24.3 Å². The van der Waals surface area contributed by atoms with Crippen molar-refractivity contribution in [2.45, 2.75) is 31.4 Å². The lowest BCUT2D eigenvalue weighted by molar-refractivity contribution is 0.0254. The number of halogens is 2. The summed E-state index contributed by atoms with van der Waals surface area (Å²) >= 11 is 3.29. The minimum absolute atomic E-state index is 0.0897. The Labute approximate surface area is 234 Å². The van der Waals surface area contributed by atoms with Gasteiger partial charge in [0.2, 0.25) is 10.9 Å². The van der Waals surface area contributed by atoms with Crippen LogP contribution in [0.25, 0.3) is 10.9 Å². The number of hydrogen-bond donors (Lipinski definition) is 2. The fourth-order valence-corrected chi connectivity index (χ4v) is 5.97. The van der Waals surface area contributed by atoms with Crippen LogP contribution in [-0.4, -0.2) is 65.1 Å². The second-order valence-corrected chi connectivity index (χ2v) is 11.0. The Morgan fingerprint density at radius 2 is 1.90 bits per heavy atom. The molecule has 3 heterocycles. The van der Waals surface area contributed by atoms with E-state index in [4.69, 9.17) is 18.9 Å². The first-order chi connectivity index (χ1) is 18.8. The van der Waals surface area contributed by atoms with E-state index in [-0.39, 0.29) is 35.0 Å². The van der Waals surface area contributed by atoms with E-state index in [9.17, 15) is 13.2 Å². The van der Waals surface area contributed by atoms with Crippen LogP contribution in [0.3, 0.4) is 0 Å². The molecule has 2 fully saturated rings. The Hall–Kier alpha value is -3.00. The number of anilines is 3. The number of nitrogens with one attached hydrogen (secondary N) is 1. The molecule has 2 aromatic carbocycles. The molecular formula is C26H27BrFN3O7S. The molecule has 0 bridgehead atoms. The maximum absolute atomic E-state index is 15.5. The number of aromatic nitrogens is 1. The third-order valence-electron chi connectivity index (χ3n) is 6.61. The van der Waals surface area contributed by atoms with Crippen molar-refractivity contribution in [1.29, 1.82) is 0 Å². The van der Waals surface area contributed by atoms with E-state index in [1.807, 2.05) is 0 Å². The topological polar surface area (TPSA) is 116 Å². The van der Waals surface area contributed by atoms with Gasteiger partial charge in [0.05, 0.1) is 67.0 Å². The van der Waals surface area contributed by atoms with Crippen LogP contribution in [0.15, 0.2) is 41.0 Å². The van der Waals surface area contributed by atoms with Gasteiger partial charge >= 0.3 is 5.97 Å². The molecule has 2 aliphatic heterocycles. The number of nitrogens with zero attached hydrogens (tertiary/aromatic N) is 2. The van der Waals surface area contributed by atoms with Crippen molar-refractivity contribution in [3.05, 3.63) is 52.4 Å². The number of methoxy groups -OCH3 is 1. The Bertz CT molecular complexity index is 1450. The first-order valence-electron chi connectivity index (χ1n) is 12.4. The number of carbonyl (C=O) groups is 1. The van der Waals surface area contributed by atoms with E-state index >= 15 is 4.39 Å². The van der Waals surface area contributed by atoms with Crippen molar-refractivity contribution >= 4 is 60.8 Å². The lowest BCUT2D eigenvalue weighted by atomic mass is 10.1. The number of benzene rings is 2. The Kier molecular flexibility index (Phi) is 8.50. The summed E-state index contributed by atoms with van der Waals surface area (Å²) in [5, 5.41) is 3.26. The summed E-state index contributed by atoms with van der Waals surface area (Å²) in [6, 6.07) is 7.23. The molecule has 0 saturated carbocycles. The fourth-order valence-electron chi connectivity index (χ4n) is 4.77. The molecule has 0 spiro atoms. The Morgan fingerprint density at radius 3 is 2.59 bits per heavy atom. The van der Waals surface area contributed by atoms with Crippen LogP contribution in [0.1, 0.15) is 29.6 Å². The highest BCUT2D eigenvalue weighted by Gasteiger charge is 2.29. The lowest BCUT2D eigenvalue weighted by Gasteiger charge is -2.27. The molecular weight excluding hydrogens is 597 g/mol. The lowest BCUT2D eigenvalue weighted by Crippen LogP contribution is -2.35. The summed E-state index contributed by atoms with van der Waals surface area (Å²) in [6.07, 6.45) is 3.15. The summed E-state index contributed by atoms with van der Waals surface area (Å²) in [6.45, 7) is 1.75. The number of thiol groups is 1. The molecule has 3 aromatic rings. The largest absolute Gasteiger partial charge is 0.490 e. The number of hydrogen-bond acceptors (Lipinski definition) is 9. The normalized spacial score (nSPS) is 17.9. The van der Waals surface area contributed by atoms with Crippen molar-refractivity contribution in [2.75, 3.05) is 43.2 Å². The van der Waals surface area contributed by atoms with Crippen molar-refractivity contribution < 1.29 is 36.6 Å². The van der Waals surface area contributed by atoms with Crippen molar-refractivity contribution in [3.8, 4) is 5.75 Å². The summed E-state index contributed by atoms with van der Waals surface area (Å²) in [5.41, 5.74) is 1.23. The van der Waals surface area contributed by atoms with E-state index in [1.165, 1.54) is 29.7 Å². The molecule has 2 saturated heterocycles. The highest BCUT2D eigenvalue weighted by atomic mass is 79.9. The van der Waals surface area contributed by atoms with Gasteiger partial charge in [0, 0.05) is 35.7 Å². The zero-order valence-corrected chi connectivity index (χ0v) is 23.5. The molecule has 1 atom stereocenters. The second-order valence-electron chi connectivity index (χ2n) is 9.19. The van der Waals surface area contributed by atoms with Gasteiger partial charge in [-0.15, -0.1) is 0 Å². The third-order valence-corrected chi connectivity index (χ3v) is 7.96. The van der Waals surface area contributed by atoms with Gasteiger partial charge in [-0.2, -0.15) is 0 Å². The number of pyridine rings is 1. The van der Waals surface area contributed by atoms with Gasteiger partial charge in [0.15, 0.2) is 0 Å². The van der Waals surface area contributed by atoms with Crippen LogP contribution in [0.2, 0.25) is 0 Å². The SMILES string of the molecule is COC(=O)c1cc(Nc2c(N(C3CCOC3)[SH](=O)=O)cnc3cc(Br)cc(F)c23)cc(OC2CCOCC2)c1. The van der Waals surface area contributed by atoms with Crippen molar-refractivity contribution in [1.82, 2.24) is 4.98 Å². The molecule has 2 aliphatic rings. The van der Waals surface area contributed by atoms with E-state index in [0.717, 1.165) is 0 Å². The molecule has 1 unspecified atom stereocenters. The standard InChI is InChI=1S/C26H27BrFN3O7S/c1-35-26(32)15-8-17(12-20(9-15)38-19-3-6-36-7-4-19)30-25-23(31(39(33)34)18-2-5-37-14-18)13-29-22-11-16(27)10-21(28)24(22)25/h8-13,18-19,39H,2-7,14H2,1H3,(H,29,30). The number of carbonyl (C=O) groups excluding carboxylic acids is 1. The van der Waals surface area contributed by atoms with Crippen LogP contribution in [0, 0.1) is 5.82 Å². The number of rotatable bonds is 8. The maximum Gasteiger partial charge on any atom is 0.338 e. The molecule has 10 nitrogen and oxygen atoms in total. The van der Waals surface area contributed by atoms with Gasteiger partial charge in [0.1, 0.15) is 17.7 Å². The van der Waals surface area contributed by atoms with Crippen LogP contribution in [-0.2, 0) is 25.1 Å². The first-order valence-corrected chi connectivity index (χ1v) is 14.3. The van der Waals surface area contributed by atoms with Crippen LogP contribution >= 0.6 is 15.9 Å². The quantitative estimate of drug-likeness (QED) is 0.279. The van der Waals surface area contributed by atoms with E-state index in [2.05, 4.69) is 26.2 Å². The predicted octanol–water partition coefficient (Wildman–Crippen LogP) is 4.35. The summed E-state index contributed by atoms with van der Waals surface area (Å²) in [4.78, 5) is 16.9. The Balaban J connectivity index is 1.64. The molecule has 208 valence electrons. The molecule has 0 amide bonds. The van der Waals surface area contributed by atoms with Crippen molar-refractivity contribution in [3.63, 3.8) is 0 Å². The van der Waals surface area contributed by atoms with E-state index in [1.54, 1.807) is 18.2 Å². The average Bonchev–Trinajstić information content (AvgIpc) is 3.43. The number of esters is 1. The van der Waals surface area contributed by atoms with Gasteiger partial charge in [0.25, 0.3) is 0 Å². The molecule has 0 radical (unpaired) electrons. The van der Waals surface area contributed by atoms with Gasteiger partial charge in [-0.1, -0.05) is 15.9 Å². The van der Waals surface area contributed by atoms with Gasteiger partial charge in [-0.25, -0.2) is 17.6 Å². The van der Waals surface area contributed by atoms with Crippen LogP contribution in [0.5, 0.6) is 5.75 Å². The smallest absolute Gasteiger partial charge is 0.338 e. The molecule has 39 heavy (non-hydrogen) atoms. The number of ether oxygens (including phenoxy) is 4. The molecule has 1 N–H and O–H groups in total. The van der Waals surface area contributed by atoms with E-state index < -0.39 is 28.7 Å². The highest BCUT2D eigenvalue weighted by molar-refractivity contribution is 9.10. The summed E-state index contributed by atoms with van der Waals surface area (Å²) in [5.74, 6) is -0.785. The molecule has 13 heteroatoms.